The molecule has 0 spiro atoms. The van der Waals surface area contributed by atoms with Crippen molar-refractivity contribution in [2.24, 2.45) is 0 Å². The van der Waals surface area contributed by atoms with Gasteiger partial charge in [-0.15, -0.1) is 11.3 Å². The number of hydrogen-bond acceptors (Lipinski definition) is 6. The van der Waals surface area contributed by atoms with Crippen LogP contribution in [0.15, 0.2) is 41.4 Å². The maximum absolute atomic E-state index is 13.3. The van der Waals surface area contributed by atoms with Crippen LogP contribution in [0.4, 0.5) is 5.00 Å². The molecular formula is C23H26N4O2S2. The van der Waals surface area contributed by atoms with Crippen molar-refractivity contribution in [3.8, 4) is 0 Å². The molecule has 0 aliphatic heterocycles. The molecule has 0 fully saturated rings. The van der Waals surface area contributed by atoms with Gasteiger partial charge in [-0.2, -0.15) is 11.3 Å². The van der Waals surface area contributed by atoms with Gasteiger partial charge in [-0.3, -0.25) is 14.6 Å². The fourth-order valence-corrected chi connectivity index (χ4v) is 5.90. The minimum Gasteiger partial charge on any atom is -0.350 e. The number of nitrogens with one attached hydrogen (secondary N) is 2. The summed E-state index contributed by atoms with van der Waals surface area (Å²) in [6.45, 7) is 0.503. The second kappa shape index (κ2) is 9.72. The topological polar surface area (TPSA) is 74.3 Å². The zero-order chi connectivity index (χ0) is 21.8. The molecule has 8 heteroatoms. The molecule has 2 amide bonds. The number of aryl methyl sites for hydroxylation is 1. The minimum absolute atomic E-state index is 0.0955. The standard InChI is InChI=1S/C23H26N4O2S2/c1-27(2)18(16-9-11-30-14-16)13-25-22(29)20-17-7-3-4-8-19(17)31-23(20)26-21(28)15-6-5-10-24-12-15/h5-6,9-12,14,18H,3-4,7-8,13H2,1-2H3,(H,25,29)(H,26,28). The number of carbonyl (C=O) groups is 2. The van der Waals surface area contributed by atoms with E-state index in [1.54, 1.807) is 29.7 Å². The van der Waals surface area contributed by atoms with Crippen LogP contribution >= 0.6 is 22.7 Å². The van der Waals surface area contributed by atoms with Crippen molar-refractivity contribution in [1.29, 1.82) is 0 Å². The molecule has 0 aromatic carbocycles. The molecule has 0 bridgehead atoms. The normalized spacial score (nSPS) is 14.2. The number of fused-ring (bicyclic) bond motifs is 1. The third-order valence-electron chi connectivity index (χ3n) is 5.56. The van der Waals surface area contributed by atoms with Crippen LogP contribution < -0.4 is 10.6 Å². The number of aromatic nitrogens is 1. The summed E-state index contributed by atoms with van der Waals surface area (Å²) in [5.41, 5.74) is 3.38. The van der Waals surface area contributed by atoms with Gasteiger partial charge in [0.15, 0.2) is 0 Å². The molecule has 4 rings (SSSR count). The van der Waals surface area contributed by atoms with Crippen LogP contribution in [0.25, 0.3) is 0 Å². The van der Waals surface area contributed by atoms with E-state index in [0.717, 1.165) is 31.2 Å². The van der Waals surface area contributed by atoms with Crippen molar-refractivity contribution in [2.45, 2.75) is 31.7 Å². The van der Waals surface area contributed by atoms with Crippen LogP contribution in [0.3, 0.4) is 0 Å². The van der Waals surface area contributed by atoms with E-state index in [4.69, 9.17) is 0 Å². The van der Waals surface area contributed by atoms with Gasteiger partial charge < -0.3 is 15.5 Å². The van der Waals surface area contributed by atoms with Gasteiger partial charge in [0.1, 0.15) is 5.00 Å². The summed E-state index contributed by atoms with van der Waals surface area (Å²) >= 11 is 3.18. The average molecular weight is 455 g/mol. The number of amides is 2. The van der Waals surface area contributed by atoms with Gasteiger partial charge in [-0.1, -0.05) is 0 Å². The average Bonchev–Trinajstić information content (AvgIpc) is 3.42. The predicted octanol–water partition coefficient (Wildman–Crippen LogP) is 4.37. The Morgan fingerprint density at radius 2 is 2.03 bits per heavy atom. The Morgan fingerprint density at radius 3 is 2.74 bits per heavy atom. The number of pyridine rings is 1. The van der Waals surface area contributed by atoms with E-state index in [1.807, 2.05) is 14.1 Å². The van der Waals surface area contributed by atoms with Gasteiger partial charge in [-0.25, -0.2) is 0 Å². The number of anilines is 1. The Balaban J connectivity index is 1.57. The second-order valence-corrected chi connectivity index (χ2v) is 9.74. The largest absolute Gasteiger partial charge is 0.350 e. The van der Waals surface area contributed by atoms with Crippen molar-refractivity contribution in [2.75, 3.05) is 26.0 Å². The zero-order valence-electron chi connectivity index (χ0n) is 17.7. The number of rotatable bonds is 7. The Morgan fingerprint density at radius 1 is 1.19 bits per heavy atom. The fourth-order valence-electron chi connectivity index (χ4n) is 3.91. The number of hydrogen-bond donors (Lipinski definition) is 2. The first-order chi connectivity index (χ1) is 15.0. The van der Waals surface area contributed by atoms with E-state index in [9.17, 15) is 9.59 Å². The first-order valence-electron chi connectivity index (χ1n) is 10.4. The summed E-state index contributed by atoms with van der Waals surface area (Å²) in [5, 5.41) is 10.9. The van der Waals surface area contributed by atoms with E-state index < -0.39 is 0 Å². The summed E-state index contributed by atoms with van der Waals surface area (Å²) in [6, 6.07) is 5.64. The van der Waals surface area contributed by atoms with E-state index in [-0.39, 0.29) is 17.9 Å². The Hall–Kier alpha value is -2.55. The number of likely N-dealkylation sites (N-methyl/N-ethyl adjacent to an activating group) is 1. The SMILES string of the molecule is CN(C)C(CNC(=O)c1c(NC(=O)c2cccnc2)sc2c1CCCC2)c1ccsc1. The highest BCUT2D eigenvalue weighted by Gasteiger charge is 2.27. The van der Waals surface area contributed by atoms with Gasteiger partial charge in [0.2, 0.25) is 0 Å². The number of nitrogens with zero attached hydrogens (tertiary/aromatic N) is 2. The third-order valence-corrected chi connectivity index (χ3v) is 7.47. The van der Waals surface area contributed by atoms with Crippen molar-refractivity contribution >= 4 is 39.5 Å². The molecule has 1 unspecified atom stereocenters. The van der Waals surface area contributed by atoms with Crippen molar-refractivity contribution < 1.29 is 9.59 Å². The lowest BCUT2D eigenvalue weighted by atomic mass is 9.95. The molecule has 1 aliphatic carbocycles. The molecule has 0 saturated heterocycles. The van der Waals surface area contributed by atoms with E-state index in [1.165, 1.54) is 28.0 Å². The molecule has 3 heterocycles. The lowest BCUT2D eigenvalue weighted by Gasteiger charge is -2.24. The second-order valence-electron chi connectivity index (χ2n) is 7.86. The molecule has 162 valence electrons. The van der Waals surface area contributed by atoms with Crippen LogP contribution in [0.2, 0.25) is 0 Å². The van der Waals surface area contributed by atoms with Gasteiger partial charge in [0.25, 0.3) is 11.8 Å². The molecule has 6 nitrogen and oxygen atoms in total. The summed E-state index contributed by atoms with van der Waals surface area (Å²) < 4.78 is 0. The summed E-state index contributed by atoms with van der Waals surface area (Å²) in [6.07, 6.45) is 7.18. The van der Waals surface area contributed by atoms with Crippen LogP contribution in [-0.2, 0) is 12.8 Å². The van der Waals surface area contributed by atoms with Gasteiger partial charge in [0, 0.05) is 23.8 Å². The Bertz CT molecular complexity index is 1050. The maximum Gasteiger partial charge on any atom is 0.257 e. The predicted molar refractivity (Wildman–Crippen MR) is 126 cm³/mol. The zero-order valence-corrected chi connectivity index (χ0v) is 19.3. The van der Waals surface area contributed by atoms with Crippen LogP contribution in [0, 0.1) is 0 Å². The fraction of sp³-hybridized carbons (Fsp3) is 0.348. The molecule has 2 N–H and O–H groups in total. The van der Waals surface area contributed by atoms with Crippen LogP contribution in [-0.4, -0.2) is 42.3 Å². The maximum atomic E-state index is 13.3. The molecule has 0 saturated carbocycles. The molecule has 31 heavy (non-hydrogen) atoms. The number of carbonyl (C=O) groups excluding carboxylic acids is 2. The minimum atomic E-state index is -0.245. The summed E-state index contributed by atoms with van der Waals surface area (Å²) in [5.74, 6) is -0.367. The Labute approximate surface area is 190 Å². The summed E-state index contributed by atoms with van der Waals surface area (Å²) in [7, 11) is 4.03. The lowest BCUT2D eigenvalue weighted by molar-refractivity contribution is 0.0942. The molecular weight excluding hydrogens is 428 g/mol. The van der Waals surface area contributed by atoms with Gasteiger partial charge in [0.05, 0.1) is 17.2 Å². The lowest BCUT2D eigenvalue weighted by Crippen LogP contribution is -2.35. The highest BCUT2D eigenvalue weighted by molar-refractivity contribution is 7.17. The smallest absolute Gasteiger partial charge is 0.257 e. The molecule has 0 radical (unpaired) electrons. The summed E-state index contributed by atoms with van der Waals surface area (Å²) in [4.78, 5) is 33.4. The number of thiophene rings is 2. The quantitative estimate of drug-likeness (QED) is 0.556. The van der Waals surface area contributed by atoms with Crippen molar-refractivity contribution in [1.82, 2.24) is 15.2 Å². The molecule has 3 aromatic heterocycles. The molecule has 1 aliphatic rings. The van der Waals surface area contributed by atoms with Gasteiger partial charge >= 0.3 is 0 Å². The van der Waals surface area contributed by atoms with E-state index in [0.29, 0.717) is 22.7 Å². The van der Waals surface area contributed by atoms with E-state index in [2.05, 4.69) is 37.3 Å². The highest BCUT2D eigenvalue weighted by Crippen LogP contribution is 2.38. The molecule has 1 atom stereocenters. The van der Waals surface area contributed by atoms with Crippen molar-refractivity contribution in [3.63, 3.8) is 0 Å². The van der Waals surface area contributed by atoms with Gasteiger partial charge in [-0.05, 0) is 79.9 Å². The monoisotopic (exact) mass is 454 g/mol. The first-order valence-corrected chi connectivity index (χ1v) is 12.1. The van der Waals surface area contributed by atoms with Crippen molar-refractivity contribution in [3.05, 3.63) is 68.5 Å². The third kappa shape index (κ3) is 4.87. The highest BCUT2D eigenvalue weighted by atomic mass is 32.1. The van der Waals surface area contributed by atoms with Crippen LogP contribution in [0.5, 0.6) is 0 Å². The van der Waals surface area contributed by atoms with Crippen LogP contribution in [0.1, 0.15) is 55.6 Å². The van der Waals surface area contributed by atoms with E-state index >= 15 is 0 Å². The Kier molecular flexibility index (Phi) is 6.80. The molecule has 3 aromatic rings. The first kappa shape index (κ1) is 21.7.